The van der Waals surface area contributed by atoms with E-state index in [0.717, 1.165) is 31.2 Å². The van der Waals surface area contributed by atoms with Gasteiger partial charge in [0, 0.05) is 31.9 Å². The Balaban J connectivity index is 1.21. The molecule has 0 spiro atoms. The molecule has 1 aliphatic heterocycles. The van der Waals surface area contributed by atoms with Gasteiger partial charge in [-0.25, -0.2) is 9.78 Å². The van der Waals surface area contributed by atoms with E-state index in [2.05, 4.69) is 10.3 Å². The first-order chi connectivity index (χ1) is 25.4. The van der Waals surface area contributed by atoms with Crippen molar-refractivity contribution in [2.75, 3.05) is 26.3 Å². The number of ether oxygens (including phenoxy) is 2. The molecule has 2 heterocycles. The molecule has 0 unspecified atom stereocenters. The molecule has 11 heteroatoms. The van der Waals surface area contributed by atoms with E-state index in [0.29, 0.717) is 81.2 Å². The smallest absolute Gasteiger partial charge is 0.407 e. The van der Waals surface area contributed by atoms with Crippen LogP contribution in [0.2, 0.25) is 0 Å². The Kier molecular flexibility index (Phi) is 13.5. The Hall–Kier alpha value is -4.09. The quantitative estimate of drug-likeness (QED) is 0.106. The third-order valence-corrected chi connectivity index (χ3v) is 10.8. The number of para-hydroxylation sites is 2. The van der Waals surface area contributed by atoms with Crippen LogP contribution in [0.15, 0.2) is 59.0 Å². The van der Waals surface area contributed by atoms with Crippen molar-refractivity contribution in [3.05, 3.63) is 66.1 Å². The van der Waals surface area contributed by atoms with Crippen molar-refractivity contribution < 1.29 is 33.1 Å². The Morgan fingerprint density at radius 3 is 2.40 bits per heavy atom. The number of ketones is 2. The predicted molar refractivity (Wildman–Crippen MR) is 197 cm³/mol. The monoisotopic (exact) mass is 714 g/mol. The highest BCUT2D eigenvalue weighted by atomic mass is 16.5. The van der Waals surface area contributed by atoms with Crippen LogP contribution in [0, 0.1) is 17.8 Å². The summed E-state index contributed by atoms with van der Waals surface area (Å²) in [5, 5.41) is 2.84. The zero-order valence-corrected chi connectivity index (χ0v) is 30.2. The number of unbranched alkanes of at least 4 members (excludes halogenated alkanes) is 1. The van der Waals surface area contributed by atoms with E-state index < -0.39 is 24.1 Å². The van der Waals surface area contributed by atoms with Crippen molar-refractivity contribution in [2.45, 2.75) is 108 Å². The summed E-state index contributed by atoms with van der Waals surface area (Å²) >= 11 is 0. The summed E-state index contributed by atoms with van der Waals surface area (Å²) in [6.45, 7) is 1.63. The second-order valence-corrected chi connectivity index (χ2v) is 15.0. The Bertz CT molecular complexity index is 1600. The van der Waals surface area contributed by atoms with E-state index in [-0.39, 0.29) is 42.4 Å². The number of hydrogen-bond acceptors (Lipinski definition) is 9. The van der Waals surface area contributed by atoms with Gasteiger partial charge < -0.3 is 29.8 Å². The fourth-order valence-corrected chi connectivity index (χ4v) is 7.56. The number of aryl methyl sites for hydroxylation is 1. The summed E-state index contributed by atoms with van der Waals surface area (Å²) < 4.78 is 17.7. The molecule has 3 N–H and O–H groups in total. The summed E-state index contributed by atoms with van der Waals surface area (Å²) in [5.74, 6) is -0.741. The van der Waals surface area contributed by atoms with Crippen molar-refractivity contribution in [1.29, 1.82) is 0 Å². The first-order valence-corrected chi connectivity index (χ1v) is 19.4. The van der Waals surface area contributed by atoms with Crippen LogP contribution < -0.4 is 11.1 Å². The van der Waals surface area contributed by atoms with Crippen LogP contribution in [-0.4, -0.2) is 77.9 Å². The van der Waals surface area contributed by atoms with Gasteiger partial charge in [0.25, 0.3) is 5.89 Å². The van der Waals surface area contributed by atoms with Crippen molar-refractivity contribution in [3.8, 4) is 0 Å². The normalized spacial score (nSPS) is 20.4. The number of fused-ring (bicyclic) bond motifs is 1. The van der Waals surface area contributed by atoms with E-state index in [4.69, 9.17) is 19.6 Å². The average molecular weight is 715 g/mol. The van der Waals surface area contributed by atoms with E-state index in [1.54, 1.807) is 17.0 Å². The SMILES string of the molecule is NCCCC[C@H](CC(=O)[C@@H]1C[C@@H](OCC2CCCCC2)CN1C(=O)[C@@H](CCc1ccccc1)NC(=O)OCC1CC1)C(=O)c1nc2ccccc2o1. The number of nitrogens with zero attached hydrogens (tertiary/aromatic N) is 2. The summed E-state index contributed by atoms with van der Waals surface area (Å²) in [4.78, 5) is 61.7. The zero-order valence-electron chi connectivity index (χ0n) is 30.2. The van der Waals surface area contributed by atoms with E-state index in [1.807, 2.05) is 42.5 Å². The molecule has 3 aliphatic rings. The van der Waals surface area contributed by atoms with Crippen molar-refractivity contribution in [3.63, 3.8) is 0 Å². The maximum atomic E-state index is 14.5. The number of hydrogen-bond donors (Lipinski definition) is 2. The van der Waals surface area contributed by atoms with Crippen LogP contribution in [0.3, 0.4) is 0 Å². The number of carbonyl (C=O) groups excluding carboxylic acids is 4. The topological polar surface area (TPSA) is 154 Å². The number of likely N-dealkylation sites (tertiary alicyclic amines) is 1. The standard InChI is InChI=1S/C41H54N4O7/c42-22-10-9-15-31(38(47)39-43-33-16-7-8-17-37(33)52-39)23-36(46)35-24-32(50-26-29-13-5-2-6-14-29)25-45(35)40(48)34(21-20-28-11-3-1-4-12-28)44-41(49)51-27-30-18-19-30/h1,3-4,7-8,11-12,16-17,29-32,34-35H,2,5-6,9-10,13-15,18-27,42H2,(H,44,49)/t31-,32-,34-,35+/m1/s1. The molecule has 3 aromatic rings. The first-order valence-electron chi connectivity index (χ1n) is 19.4. The molecule has 3 fully saturated rings. The fourth-order valence-electron chi connectivity index (χ4n) is 7.56. The molecular formula is C41H54N4O7. The second-order valence-electron chi connectivity index (χ2n) is 15.0. The summed E-state index contributed by atoms with van der Waals surface area (Å²) in [5.41, 5.74) is 7.91. The van der Waals surface area contributed by atoms with Gasteiger partial charge in [0.1, 0.15) is 11.6 Å². The van der Waals surface area contributed by atoms with Gasteiger partial charge in [-0.1, -0.05) is 68.1 Å². The van der Waals surface area contributed by atoms with Crippen LogP contribution in [-0.2, 0) is 25.5 Å². The molecule has 1 saturated heterocycles. The molecule has 0 radical (unpaired) electrons. The number of carbonyl (C=O) groups is 4. The largest absolute Gasteiger partial charge is 0.449 e. The van der Waals surface area contributed by atoms with Crippen LogP contribution in [0.1, 0.15) is 99.7 Å². The minimum Gasteiger partial charge on any atom is -0.449 e. The number of rotatable bonds is 19. The molecule has 280 valence electrons. The lowest BCUT2D eigenvalue weighted by Crippen LogP contribution is -2.52. The molecule has 2 aromatic carbocycles. The molecule has 2 saturated carbocycles. The maximum absolute atomic E-state index is 14.5. The summed E-state index contributed by atoms with van der Waals surface area (Å²) in [6, 6.07) is 15.3. The third kappa shape index (κ3) is 10.5. The maximum Gasteiger partial charge on any atom is 0.407 e. The molecule has 11 nitrogen and oxygen atoms in total. The highest BCUT2D eigenvalue weighted by molar-refractivity contribution is 6.00. The van der Waals surface area contributed by atoms with Gasteiger partial charge in [0.05, 0.1) is 18.8 Å². The third-order valence-electron chi connectivity index (χ3n) is 10.8. The van der Waals surface area contributed by atoms with Gasteiger partial charge in [-0.15, -0.1) is 0 Å². The lowest BCUT2D eigenvalue weighted by molar-refractivity contribution is -0.139. The van der Waals surface area contributed by atoms with Gasteiger partial charge in [0.15, 0.2) is 11.4 Å². The van der Waals surface area contributed by atoms with Crippen LogP contribution in [0.5, 0.6) is 0 Å². The Labute approximate surface area is 306 Å². The highest BCUT2D eigenvalue weighted by Gasteiger charge is 2.44. The number of nitrogens with one attached hydrogen (secondary N) is 1. The summed E-state index contributed by atoms with van der Waals surface area (Å²) in [6.07, 6.45) is 9.93. The van der Waals surface area contributed by atoms with Crippen LogP contribution >= 0.6 is 0 Å². The first kappa shape index (κ1) is 37.7. The molecular weight excluding hydrogens is 660 g/mol. The van der Waals surface area contributed by atoms with Gasteiger partial charge in [-0.05, 0) is 87.4 Å². The zero-order chi connectivity index (χ0) is 36.3. The van der Waals surface area contributed by atoms with E-state index in [9.17, 15) is 19.2 Å². The molecule has 6 rings (SSSR count). The number of oxazole rings is 1. The second kappa shape index (κ2) is 18.6. The number of aromatic nitrogens is 1. The molecule has 4 atom stereocenters. The lowest BCUT2D eigenvalue weighted by atomic mass is 9.89. The lowest BCUT2D eigenvalue weighted by Gasteiger charge is -2.29. The van der Waals surface area contributed by atoms with Gasteiger partial charge in [-0.2, -0.15) is 0 Å². The molecule has 52 heavy (non-hydrogen) atoms. The number of amides is 2. The van der Waals surface area contributed by atoms with E-state index >= 15 is 0 Å². The molecule has 1 aromatic heterocycles. The number of alkyl carbamates (subject to hydrolysis) is 1. The minimum atomic E-state index is -0.902. The average Bonchev–Trinajstić information content (AvgIpc) is 3.74. The fraction of sp³-hybridized carbons (Fsp3) is 0.585. The van der Waals surface area contributed by atoms with Crippen LogP contribution in [0.4, 0.5) is 4.79 Å². The number of nitrogens with two attached hydrogens (primary N) is 1. The molecule has 2 aliphatic carbocycles. The van der Waals surface area contributed by atoms with Gasteiger partial charge in [0.2, 0.25) is 11.7 Å². The van der Waals surface area contributed by atoms with Gasteiger partial charge >= 0.3 is 6.09 Å². The predicted octanol–water partition coefficient (Wildman–Crippen LogP) is 6.42. The number of benzene rings is 2. The van der Waals surface area contributed by atoms with E-state index in [1.165, 1.54) is 19.3 Å². The van der Waals surface area contributed by atoms with Crippen LogP contribution in [0.25, 0.3) is 11.1 Å². The highest BCUT2D eigenvalue weighted by Crippen LogP contribution is 2.31. The van der Waals surface area contributed by atoms with Gasteiger partial charge in [-0.3, -0.25) is 14.4 Å². The van der Waals surface area contributed by atoms with Crippen molar-refractivity contribution >= 4 is 34.7 Å². The minimum absolute atomic E-state index is 0.0188. The molecule has 0 bridgehead atoms. The summed E-state index contributed by atoms with van der Waals surface area (Å²) in [7, 11) is 0. The van der Waals surface area contributed by atoms with Crippen molar-refractivity contribution in [2.24, 2.45) is 23.5 Å². The molecule has 2 amide bonds. The Morgan fingerprint density at radius 1 is 0.904 bits per heavy atom. The Morgan fingerprint density at radius 2 is 1.65 bits per heavy atom. The van der Waals surface area contributed by atoms with Crippen molar-refractivity contribution in [1.82, 2.24) is 15.2 Å². The number of Topliss-reactive ketones (excluding diaryl/α,β-unsaturated/α-hetero) is 2.